The van der Waals surface area contributed by atoms with Crippen LogP contribution in [0.2, 0.25) is 0 Å². The van der Waals surface area contributed by atoms with Crippen molar-refractivity contribution in [1.82, 2.24) is 14.5 Å². The van der Waals surface area contributed by atoms with Crippen LogP contribution in [0.1, 0.15) is 30.1 Å². The Labute approximate surface area is 125 Å². The van der Waals surface area contributed by atoms with Gasteiger partial charge < -0.3 is 0 Å². The highest BCUT2D eigenvalue weighted by atomic mass is 32.2. The number of hydrogen-bond donors (Lipinski definition) is 1. The first kappa shape index (κ1) is 14.3. The summed E-state index contributed by atoms with van der Waals surface area (Å²) in [6.07, 6.45) is 2.37. The second kappa shape index (κ2) is 4.96. The van der Waals surface area contributed by atoms with Crippen LogP contribution in [0.15, 0.2) is 29.2 Å². The smallest absolute Gasteiger partial charge is 0.242 e. The van der Waals surface area contributed by atoms with Gasteiger partial charge in [0.15, 0.2) is 0 Å². The number of aromatic amines is 1. The van der Waals surface area contributed by atoms with Gasteiger partial charge >= 0.3 is 0 Å². The fourth-order valence-corrected chi connectivity index (χ4v) is 3.37. The number of aryl methyl sites for hydroxylation is 1. The van der Waals surface area contributed by atoms with Crippen LogP contribution in [0.5, 0.6) is 0 Å². The van der Waals surface area contributed by atoms with E-state index in [2.05, 4.69) is 10.2 Å². The topological polar surface area (TPSA) is 66.1 Å². The average molecular weight is 305 g/mol. The van der Waals surface area contributed by atoms with Gasteiger partial charge in [0, 0.05) is 31.3 Å². The highest BCUT2D eigenvalue weighted by molar-refractivity contribution is 7.89. The number of nitrogens with one attached hydrogen (secondary N) is 1. The molecule has 21 heavy (non-hydrogen) atoms. The van der Waals surface area contributed by atoms with Gasteiger partial charge in [-0.15, -0.1) is 0 Å². The van der Waals surface area contributed by atoms with Crippen molar-refractivity contribution in [3.8, 4) is 11.1 Å². The lowest BCUT2D eigenvalue weighted by atomic mass is 10.0. The van der Waals surface area contributed by atoms with Crippen molar-refractivity contribution in [2.45, 2.75) is 30.6 Å². The van der Waals surface area contributed by atoms with Crippen LogP contribution in [0.4, 0.5) is 0 Å². The van der Waals surface area contributed by atoms with Crippen molar-refractivity contribution in [3.63, 3.8) is 0 Å². The summed E-state index contributed by atoms with van der Waals surface area (Å²) in [5, 5.41) is 7.45. The van der Waals surface area contributed by atoms with Gasteiger partial charge in [0.05, 0.1) is 10.6 Å². The van der Waals surface area contributed by atoms with Crippen LogP contribution in [0, 0.1) is 6.92 Å². The number of hydrogen-bond acceptors (Lipinski definition) is 3. The second-order valence-corrected chi connectivity index (χ2v) is 7.85. The summed E-state index contributed by atoms with van der Waals surface area (Å²) in [4.78, 5) is 0.311. The first-order chi connectivity index (χ1) is 9.91. The number of benzene rings is 1. The number of aromatic nitrogens is 2. The predicted molar refractivity (Wildman–Crippen MR) is 81.6 cm³/mol. The molecule has 112 valence electrons. The zero-order chi connectivity index (χ0) is 15.2. The van der Waals surface area contributed by atoms with Crippen LogP contribution in [-0.4, -0.2) is 37.0 Å². The van der Waals surface area contributed by atoms with E-state index < -0.39 is 10.0 Å². The van der Waals surface area contributed by atoms with E-state index >= 15 is 0 Å². The van der Waals surface area contributed by atoms with Gasteiger partial charge in [0.1, 0.15) is 0 Å². The number of sulfonamides is 1. The highest BCUT2D eigenvalue weighted by Gasteiger charge is 2.30. The number of rotatable bonds is 4. The lowest BCUT2D eigenvalue weighted by molar-refractivity contribution is 0.521. The van der Waals surface area contributed by atoms with Gasteiger partial charge in [-0.1, -0.05) is 12.1 Å². The summed E-state index contributed by atoms with van der Waals surface area (Å²) in [5.41, 5.74) is 4.27. The van der Waals surface area contributed by atoms with E-state index in [9.17, 15) is 8.42 Å². The van der Waals surface area contributed by atoms with E-state index in [0.717, 1.165) is 22.5 Å². The van der Waals surface area contributed by atoms with Gasteiger partial charge in [0.25, 0.3) is 0 Å². The minimum absolute atomic E-state index is 0.311. The maximum Gasteiger partial charge on any atom is 0.242 e. The Morgan fingerprint density at radius 1 is 1.19 bits per heavy atom. The number of nitrogens with zero attached hydrogens (tertiary/aromatic N) is 2. The summed E-state index contributed by atoms with van der Waals surface area (Å²) in [5.74, 6) is 0.551. The fraction of sp³-hybridized carbons (Fsp3) is 0.400. The van der Waals surface area contributed by atoms with Crippen LogP contribution < -0.4 is 0 Å². The normalized spacial score (nSPS) is 15.6. The van der Waals surface area contributed by atoms with Crippen molar-refractivity contribution in [2.24, 2.45) is 0 Å². The number of H-pyrrole nitrogens is 1. The monoisotopic (exact) mass is 305 g/mol. The van der Waals surface area contributed by atoms with Crippen LogP contribution in [-0.2, 0) is 10.0 Å². The molecule has 5 nitrogen and oxygen atoms in total. The Morgan fingerprint density at radius 2 is 1.81 bits per heavy atom. The summed E-state index contributed by atoms with van der Waals surface area (Å²) in [7, 11) is -0.304. The van der Waals surface area contributed by atoms with Gasteiger partial charge in [-0.2, -0.15) is 5.10 Å². The van der Waals surface area contributed by atoms with Crippen LogP contribution in [0.25, 0.3) is 11.1 Å². The molecule has 1 aliphatic rings. The largest absolute Gasteiger partial charge is 0.282 e. The average Bonchev–Trinajstić information content (AvgIpc) is 3.22. The van der Waals surface area contributed by atoms with E-state index in [1.165, 1.54) is 31.2 Å². The third-order valence-corrected chi connectivity index (χ3v) is 5.69. The molecule has 1 aliphatic carbocycles. The molecule has 6 heteroatoms. The Morgan fingerprint density at radius 3 is 2.33 bits per heavy atom. The van der Waals surface area contributed by atoms with Crippen molar-refractivity contribution in [3.05, 3.63) is 35.7 Å². The van der Waals surface area contributed by atoms with E-state index in [-0.39, 0.29) is 0 Å². The summed E-state index contributed by atoms with van der Waals surface area (Å²) in [6, 6.07) is 7.04. The molecule has 0 saturated heterocycles. The molecule has 3 rings (SSSR count). The van der Waals surface area contributed by atoms with Gasteiger partial charge in [-0.25, -0.2) is 12.7 Å². The molecule has 1 aromatic heterocycles. The Bertz CT molecular complexity index is 757. The molecule has 2 aromatic rings. The zero-order valence-corrected chi connectivity index (χ0v) is 13.2. The Balaban J connectivity index is 2.01. The summed E-state index contributed by atoms with van der Waals surface area (Å²) >= 11 is 0. The molecule has 0 aliphatic heterocycles. The molecule has 1 heterocycles. The van der Waals surface area contributed by atoms with Gasteiger partial charge in [-0.3, -0.25) is 5.10 Å². The molecular formula is C15H19N3O2S. The SMILES string of the molecule is Cc1[nH]nc(C2CC2)c1-c1ccc(S(=O)(=O)N(C)C)cc1. The maximum atomic E-state index is 12.1. The lowest BCUT2D eigenvalue weighted by Crippen LogP contribution is -2.22. The van der Waals surface area contributed by atoms with E-state index in [1.54, 1.807) is 12.1 Å². The molecule has 0 atom stereocenters. The maximum absolute atomic E-state index is 12.1. The fourth-order valence-electron chi connectivity index (χ4n) is 2.47. The molecule has 1 fully saturated rings. The molecule has 1 saturated carbocycles. The molecule has 0 spiro atoms. The molecule has 1 N–H and O–H groups in total. The van der Waals surface area contributed by atoms with E-state index in [4.69, 9.17) is 0 Å². The Kier molecular flexibility index (Phi) is 3.37. The molecular weight excluding hydrogens is 286 g/mol. The zero-order valence-electron chi connectivity index (χ0n) is 12.4. The standard InChI is InChI=1S/C15H19N3O2S/c1-10-14(15(17-16-10)12-4-5-12)11-6-8-13(9-7-11)21(19,20)18(2)3/h6-9,12H,4-5H2,1-3H3,(H,16,17). The van der Waals surface area contributed by atoms with E-state index in [0.29, 0.717) is 10.8 Å². The highest BCUT2D eigenvalue weighted by Crippen LogP contribution is 2.44. The van der Waals surface area contributed by atoms with Crippen LogP contribution >= 0.6 is 0 Å². The van der Waals surface area contributed by atoms with Crippen molar-refractivity contribution in [2.75, 3.05) is 14.1 Å². The van der Waals surface area contributed by atoms with Gasteiger partial charge in [0.2, 0.25) is 10.0 Å². The van der Waals surface area contributed by atoms with Crippen LogP contribution in [0.3, 0.4) is 0 Å². The quantitative estimate of drug-likeness (QED) is 0.944. The first-order valence-electron chi connectivity index (χ1n) is 6.99. The summed E-state index contributed by atoms with van der Waals surface area (Å²) in [6.45, 7) is 2.00. The predicted octanol–water partition coefficient (Wildman–Crippen LogP) is 2.51. The Hall–Kier alpha value is -1.66. The third kappa shape index (κ3) is 2.49. The lowest BCUT2D eigenvalue weighted by Gasteiger charge is -2.12. The van der Waals surface area contributed by atoms with Crippen molar-refractivity contribution < 1.29 is 8.42 Å². The minimum Gasteiger partial charge on any atom is -0.282 e. The molecule has 0 amide bonds. The minimum atomic E-state index is -3.38. The third-order valence-electron chi connectivity index (χ3n) is 3.86. The molecule has 0 radical (unpaired) electrons. The van der Waals surface area contributed by atoms with Crippen molar-refractivity contribution in [1.29, 1.82) is 0 Å². The van der Waals surface area contributed by atoms with E-state index in [1.807, 2.05) is 19.1 Å². The van der Waals surface area contributed by atoms with Gasteiger partial charge in [-0.05, 0) is 37.5 Å². The molecule has 0 bridgehead atoms. The summed E-state index contributed by atoms with van der Waals surface area (Å²) < 4.78 is 25.4. The molecule has 0 unspecified atom stereocenters. The first-order valence-corrected chi connectivity index (χ1v) is 8.43. The second-order valence-electron chi connectivity index (χ2n) is 5.69. The molecule has 1 aromatic carbocycles. The van der Waals surface area contributed by atoms with Crippen molar-refractivity contribution >= 4 is 10.0 Å².